The highest BCUT2D eigenvalue weighted by Crippen LogP contribution is 2.26. The third-order valence-corrected chi connectivity index (χ3v) is 4.80. The summed E-state index contributed by atoms with van der Waals surface area (Å²) >= 11 is 3.22. The molecule has 0 unspecified atom stereocenters. The number of thioether (sulfide) groups is 1. The molecule has 0 atom stereocenters. The number of carbonyl (C=O) groups is 1. The van der Waals surface area contributed by atoms with Crippen molar-refractivity contribution in [2.45, 2.75) is 10.6 Å². The van der Waals surface area contributed by atoms with Crippen molar-refractivity contribution in [2.24, 2.45) is 0 Å². The van der Waals surface area contributed by atoms with E-state index in [0.29, 0.717) is 18.7 Å². The van der Waals surface area contributed by atoms with Gasteiger partial charge in [-0.05, 0) is 12.1 Å². The highest BCUT2D eigenvalue weighted by atomic mass is 35.5. The number of aromatic nitrogens is 1. The molecule has 0 saturated carbocycles. The number of thiazole rings is 1. The van der Waals surface area contributed by atoms with Crippen molar-refractivity contribution in [1.29, 1.82) is 0 Å². The number of methoxy groups -OCH3 is 1. The molecule has 0 aliphatic carbocycles. The van der Waals surface area contributed by atoms with Crippen LogP contribution in [0.2, 0.25) is 0 Å². The largest absolute Gasteiger partial charge is 0.383 e. The molecule has 2 N–H and O–H groups in total. The second-order valence-electron chi connectivity index (χ2n) is 4.76. The maximum Gasteiger partial charge on any atom is 0.252 e. The van der Waals surface area contributed by atoms with E-state index in [9.17, 15) is 4.79 Å². The minimum atomic E-state index is -0.0417. The molecular formula is C16H23Cl2N3O2S2. The van der Waals surface area contributed by atoms with Crippen LogP contribution >= 0.6 is 47.9 Å². The van der Waals surface area contributed by atoms with Gasteiger partial charge in [0, 0.05) is 42.8 Å². The normalized spacial score (nSPS) is 9.80. The summed E-state index contributed by atoms with van der Waals surface area (Å²) in [5.41, 5.74) is 3.58. The zero-order valence-electron chi connectivity index (χ0n) is 13.9. The number of amides is 1. The van der Waals surface area contributed by atoms with E-state index in [4.69, 9.17) is 4.74 Å². The van der Waals surface area contributed by atoms with Crippen molar-refractivity contribution in [3.05, 3.63) is 46.4 Å². The summed E-state index contributed by atoms with van der Waals surface area (Å²) in [5.74, 6) is 0.728. The van der Waals surface area contributed by atoms with Gasteiger partial charge < -0.3 is 15.4 Å². The fraction of sp³-hybridized carbons (Fsp3) is 0.375. The van der Waals surface area contributed by atoms with Crippen LogP contribution in [0.25, 0.3) is 0 Å². The zero-order chi connectivity index (χ0) is 16.3. The van der Waals surface area contributed by atoms with Crippen LogP contribution in [0.3, 0.4) is 0 Å². The molecule has 0 aliphatic rings. The van der Waals surface area contributed by atoms with Crippen LogP contribution in [0.15, 0.2) is 40.1 Å². The van der Waals surface area contributed by atoms with Gasteiger partial charge in [0.1, 0.15) is 0 Å². The van der Waals surface area contributed by atoms with Gasteiger partial charge in [-0.2, -0.15) is 0 Å². The minimum absolute atomic E-state index is 0. The second kappa shape index (κ2) is 14.4. The predicted octanol–water partition coefficient (Wildman–Crippen LogP) is 3.24. The number of carbonyl (C=O) groups excluding carboxylic acids is 1. The standard InChI is InChI=1S/C16H21N3O2S2.2ClH/c1-21-9-8-17-6-7-18-16(20)14-4-2-3-5-15(14)23-11-13-10-22-12-19-13;;/h2-5,10,12,17H,6-9,11H2,1H3,(H,18,20);2*1H. The molecule has 5 nitrogen and oxygen atoms in total. The highest BCUT2D eigenvalue weighted by Gasteiger charge is 2.11. The third-order valence-electron chi connectivity index (χ3n) is 3.06. The minimum Gasteiger partial charge on any atom is -0.383 e. The lowest BCUT2D eigenvalue weighted by Gasteiger charge is -2.10. The van der Waals surface area contributed by atoms with Crippen LogP contribution in [0.4, 0.5) is 0 Å². The van der Waals surface area contributed by atoms with Crippen LogP contribution in [-0.4, -0.2) is 44.2 Å². The number of hydrogen-bond donors (Lipinski definition) is 2. The summed E-state index contributed by atoms with van der Waals surface area (Å²) in [7, 11) is 1.67. The van der Waals surface area contributed by atoms with Gasteiger partial charge in [-0.3, -0.25) is 4.79 Å². The molecule has 9 heteroatoms. The van der Waals surface area contributed by atoms with E-state index >= 15 is 0 Å². The monoisotopic (exact) mass is 423 g/mol. The van der Waals surface area contributed by atoms with E-state index in [1.807, 2.05) is 35.2 Å². The fourth-order valence-corrected chi connectivity index (χ4v) is 3.52. The molecule has 1 aromatic carbocycles. The summed E-state index contributed by atoms with van der Waals surface area (Å²) in [6.45, 7) is 2.77. The Balaban J connectivity index is 0.00000288. The summed E-state index contributed by atoms with van der Waals surface area (Å²) < 4.78 is 4.96. The quantitative estimate of drug-likeness (QED) is 0.453. The van der Waals surface area contributed by atoms with Gasteiger partial charge in [0.15, 0.2) is 0 Å². The van der Waals surface area contributed by atoms with Crippen molar-refractivity contribution < 1.29 is 9.53 Å². The SMILES string of the molecule is COCCNCCNC(=O)c1ccccc1SCc1cscn1.Cl.Cl. The smallest absolute Gasteiger partial charge is 0.252 e. The number of ether oxygens (including phenoxy) is 1. The number of nitrogens with zero attached hydrogens (tertiary/aromatic N) is 1. The number of rotatable bonds is 10. The Labute approximate surface area is 169 Å². The highest BCUT2D eigenvalue weighted by molar-refractivity contribution is 7.98. The van der Waals surface area contributed by atoms with Crippen molar-refractivity contribution in [1.82, 2.24) is 15.6 Å². The number of nitrogens with one attached hydrogen (secondary N) is 2. The molecule has 2 aromatic rings. The van der Waals surface area contributed by atoms with E-state index < -0.39 is 0 Å². The topological polar surface area (TPSA) is 63.2 Å². The van der Waals surface area contributed by atoms with Crippen LogP contribution < -0.4 is 10.6 Å². The van der Waals surface area contributed by atoms with Crippen molar-refractivity contribution in [3.63, 3.8) is 0 Å². The van der Waals surface area contributed by atoms with E-state index in [1.54, 1.807) is 30.2 Å². The molecule has 25 heavy (non-hydrogen) atoms. The van der Waals surface area contributed by atoms with Gasteiger partial charge in [-0.1, -0.05) is 12.1 Å². The molecular weight excluding hydrogens is 401 g/mol. The van der Waals surface area contributed by atoms with Gasteiger partial charge in [-0.15, -0.1) is 47.9 Å². The Bertz CT molecular complexity index is 601. The lowest BCUT2D eigenvalue weighted by atomic mass is 10.2. The van der Waals surface area contributed by atoms with Gasteiger partial charge in [0.05, 0.1) is 23.4 Å². The van der Waals surface area contributed by atoms with Gasteiger partial charge in [-0.25, -0.2) is 4.98 Å². The Morgan fingerprint density at radius 2 is 2.04 bits per heavy atom. The first-order chi connectivity index (χ1) is 11.3. The molecule has 140 valence electrons. The van der Waals surface area contributed by atoms with E-state index in [-0.39, 0.29) is 30.7 Å². The maximum atomic E-state index is 12.3. The van der Waals surface area contributed by atoms with E-state index in [1.165, 1.54) is 0 Å². The Morgan fingerprint density at radius 1 is 1.24 bits per heavy atom. The van der Waals surface area contributed by atoms with Crippen molar-refractivity contribution in [2.75, 3.05) is 33.4 Å². The van der Waals surface area contributed by atoms with Gasteiger partial charge in [0.25, 0.3) is 5.91 Å². The van der Waals surface area contributed by atoms with Crippen molar-refractivity contribution >= 4 is 53.8 Å². The Kier molecular flexibility index (Phi) is 13.9. The zero-order valence-corrected chi connectivity index (χ0v) is 17.2. The first-order valence-electron chi connectivity index (χ1n) is 7.38. The molecule has 2 rings (SSSR count). The first kappa shape index (κ1) is 24.2. The molecule has 0 spiro atoms. The molecule has 0 bridgehead atoms. The molecule has 0 radical (unpaired) electrons. The van der Waals surface area contributed by atoms with Crippen LogP contribution in [-0.2, 0) is 10.5 Å². The molecule has 0 fully saturated rings. The summed E-state index contributed by atoms with van der Waals surface area (Å²) in [4.78, 5) is 17.6. The number of benzene rings is 1. The lowest BCUT2D eigenvalue weighted by Crippen LogP contribution is -2.33. The Morgan fingerprint density at radius 3 is 2.76 bits per heavy atom. The predicted molar refractivity (Wildman–Crippen MR) is 110 cm³/mol. The maximum absolute atomic E-state index is 12.3. The average molecular weight is 424 g/mol. The van der Waals surface area contributed by atoms with Gasteiger partial charge in [0.2, 0.25) is 0 Å². The fourth-order valence-electron chi connectivity index (χ4n) is 1.90. The van der Waals surface area contributed by atoms with E-state index in [0.717, 1.165) is 29.4 Å². The Hall–Kier alpha value is -0.830. The summed E-state index contributed by atoms with van der Waals surface area (Å²) in [5, 5.41) is 8.17. The second-order valence-corrected chi connectivity index (χ2v) is 6.50. The number of halogens is 2. The third kappa shape index (κ3) is 8.89. The van der Waals surface area contributed by atoms with Crippen molar-refractivity contribution in [3.8, 4) is 0 Å². The molecule has 1 heterocycles. The lowest BCUT2D eigenvalue weighted by molar-refractivity contribution is 0.0951. The van der Waals surface area contributed by atoms with Crippen LogP contribution in [0.1, 0.15) is 16.1 Å². The number of hydrogen-bond acceptors (Lipinski definition) is 6. The van der Waals surface area contributed by atoms with Crippen LogP contribution in [0, 0.1) is 0 Å². The summed E-state index contributed by atoms with van der Waals surface area (Å²) in [6, 6.07) is 7.67. The van der Waals surface area contributed by atoms with E-state index in [2.05, 4.69) is 15.6 Å². The van der Waals surface area contributed by atoms with Gasteiger partial charge >= 0.3 is 0 Å². The average Bonchev–Trinajstić information content (AvgIpc) is 3.09. The molecule has 0 saturated heterocycles. The molecule has 1 amide bonds. The molecule has 1 aromatic heterocycles. The first-order valence-corrected chi connectivity index (χ1v) is 9.31. The molecule has 0 aliphatic heterocycles. The summed E-state index contributed by atoms with van der Waals surface area (Å²) in [6.07, 6.45) is 0. The van der Waals surface area contributed by atoms with Crippen LogP contribution in [0.5, 0.6) is 0 Å².